The van der Waals surface area contributed by atoms with Crippen LogP contribution in [0.4, 0.5) is 0 Å². The summed E-state index contributed by atoms with van der Waals surface area (Å²) in [5, 5.41) is 4.30. The SMILES string of the molecule is CCn1cccc1C1C(c2ccccn2)NC(=S)N1CCN(C)C. The van der Waals surface area contributed by atoms with Crippen LogP contribution in [0.1, 0.15) is 30.4 Å². The Morgan fingerprint density at radius 3 is 2.75 bits per heavy atom. The predicted octanol–water partition coefficient (Wildman–Crippen LogP) is 2.44. The van der Waals surface area contributed by atoms with E-state index in [1.807, 2.05) is 18.3 Å². The standard InChI is InChI=1S/C18H25N5S/c1-4-22-11-7-9-15(22)17-16(14-8-5-6-10-19-14)20-18(24)23(17)13-12-21(2)3/h5-11,16-17H,4,12-13H2,1-3H3,(H,20,24). The quantitative estimate of drug-likeness (QED) is 0.815. The van der Waals surface area contributed by atoms with Crippen LogP contribution in [0.15, 0.2) is 42.7 Å². The fraction of sp³-hybridized carbons (Fsp3) is 0.444. The Hall–Kier alpha value is -1.92. The van der Waals surface area contributed by atoms with Gasteiger partial charge in [-0.05, 0) is 57.5 Å². The molecule has 0 saturated carbocycles. The second-order valence-corrected chi connectivity index (χ2v) is 6.73. The molecule has 2 aromatic rings. The van der Waals surface area contributed by atoms with Crippen molar-refractivity contribution in [3.05, 3.63) is 54.1 Å². The van der Waals surface area contributed by atoms with E-state index in [0.29, 0.717) is 0 Å². The normalized spacial score (nSPS) is 20.7. The second-order valence-electron chi connectivity index (χ2n) is 6.34. The fourth-order valence-corrected chi connectivity index (χ4v) is 3.59. The first-order valence-corrected chi connectivity index (χ1v) is 8.80. The lowest BCUT2D eigenvalue weighted by Crippen LogP contribution is -2.36. The van der Waals surface area contributed by atoms with Crippen LogP contribution < -0.4 is 5.32 Å². The molecule has 0 spiro atoms. The third-order valence-corrected chi connectivity index (χ3v) is 4.85. The number of thiocarbonyl (C=S) groups is 1. The van der Waals surface area contributed by atoms with Crippen molar-refractivity contribution in [2.45, 2.75) is 25.6 Å². The first-order valence-electron chi connectivity index (χ1n) is 8.39. The van der Waals surface area contributed by atoms with Gasteiger partial charge in [-0.3, -0.25) is 4.98 Å². The molecule has 1 aliphatic rings. The summed E-state index contributed by atoms with van der Waals surface area (Å²) in [5.41, 5.74) is 2.31. The van der Waals surface area contributed by atoms with Crippen molar-refractivity contribution in [3.63, 3.8) is 0 Å². The van der Waals surface area contributed by atoms with Crippen molar-refractivity contribution in [2.24, 2.45) is 0 Å². The lowest BCUT2D eigenvalue weighted by molar-refractivity contribution is 0.269. The third kappa shape index (κ3) is 3.30. The van der Waals surface area contributed by atoms with Crippen LogP contribution in [0.3, 0.4) is 0 Å². The van der Waals surface area contributed by atoms with E-state index < -0.39 is 0 Å². The first kappa shape index (κ1) is 16.9. The number of likely N-dealkylation sites (N-methyl/N-ethyl adjacent to an activating group) is 1. The molecule has 1 N–H and O–H groups in total. The molecular weight excluding hydrogens is 318 g/mol. The monoisotopic (exact) mass is 343 g/mol. The highest BCUT2D eigenvalue weighted by molar-refractivity contribution is 7.80. The van der Waals surface area contributed by atoms with Crippen LogP contribution in [0, 0.1) is 0 Å². The van der Waals surface area contributed by atoms with Gasteiger partial charge in [-0.15, -0.1) is 0 Å². The van der Waals surface area contributed by atoms with Crippen molar-refractivity contribution < 1.29 is 0 Å². The van der Waals surface area contributed by atoms with E-state index in [1.54, 1.807) is 0 Å². The van der Waals surface area contributed by atoms with E-state index in [2.05, 4.69) is 70.1 Å². The van der Waals surface area contributed by atoms with Gasteiger partial charge in [-0.25, -0.2) is 0 Å². The van der Waals surface area contributed by atoms with E-state index in [0.717, 1.165) is 30.4 Å². The molecule has 0 aromatic carbocycles. The lowest BCUT2D eigenvalue weighted by atomic mass is 10.0. The van der Waals surface area contributed by atoms with Gasteiger partial charge in [0, 0.05) is 37.7 Å². The number of nitrogens with one attached hydrogen (secondary N) is 1. The number of nitrogens with zero attached hydrogens (tertiary/aromatic N) is 4. The summed E-state index contributed by atoms with van der Waals surface area (Å²) in [4.78, 5) is 9.06. The van der Waals surface area contributed by atoms with Gasteiger partial charge in [0.25, 0.3) is 0 Å². The average molecular weight is 344 g/mol. The summed E-state index contributed by atoms with van der Waals surface area (Å²) in [6.45, 7) is 4.97. The Balaban J connectivity index is 1.98. The molecule has 0 bridgehead atoms. The highest BCUT2D eigenvalue weighted by atomic mass is 32.1. The molecule has 5 nitrogen and oxygen atoms in total. The van der Waals surface area contributed by atoms with Crippen LogP contribution >= 0.6 is 12.2 Å². The maximum absolute atomic E-state index is 5.66. The largest absolute Gasteiger partial charge is 0.352 e. The van der Waals surface area contributed by atoms with Crippen LogP contribution in [-0.4, -0.2) is 51.6 Å². The molecule has 3 heterocycles. The molecular formula is C18H25N5S. The third-order valence-electron chi connectivity index (χ3n) is 4.49. The molecule has 1 saturated heterocycles. The van der Waals surface area contributed by atoms with Gasteiger partial charge in [0.15, 0.2) is 5.11 Å². The minimum absolute atomic E-state index is 0.0704. The molecule has 24 heavy (non-hydrogen) atoms. The lowest BCUT2D eigenvalue weighted by Gasteiger charge is -2.29. The number of pyridine rings is 1. The molecule has 0 amide bonds. The molecule has 2 atom stereocenters. The molecule has 0 aliphatic carbocycles. The van der Waals surface area contributed by atoms with Crippen molar-refractivity contribution in [3.8, 4) is 0 Å². The van der Waals surface area contributed by atoms with Gasteiger partial charge in [0.1, 0.15) is 0 Å². The smallest absolute Gasteiger partial charge is 0.170 e. The van der Waals surface area contributed by atoms with E-state index >= 15 is 0 Å². The second kappa shape index (κ2) is 7.32. The Bertz CT molecular complexity index is 682. The Morgan fingerprint density at radius 2 is 2.08 bits per heavy atom. The van der Waals surface area contributed by atoms with Crippen LogP contribution in [0.2, 0.25) is 0 Å². The van der Waals surface area contributed by atoms with Gasteiger partial charge < -0.3 is 19.7 Å². The summed E-state index contributed by atoms with van der Waals surface area (Å²) >= 11 is 5.66. The zero-order valence-electron chi connectivity index (χ0n) is 14.5. The molecule has 1 fully saturated rings. The number of aromatic nitrogens is 2. The minimum atomic E-state index is 0.0704. The van der Waals surface area contributed by atoms with Gasteiger partial charge in [0.05, 0.1) is 17.8 Å². The molecule has 6 heteroatoms. The van der Waals surface area contributed by atoms with E-state index in [9.17, 15) is 0 Å². The van der Waals surface area contributed by atoms with E-state index in [-0.39, 0.29) is 12.1 Å². The fourth-order valence-electron chi connectivity index (χ4n) is 3.26. The predicted molar refractivity (Wildman–Crippen MR) is 101 cm³/mol. The summed E-state index contributed by atoms with van der Waals surface area (Å²) in [5.74, 6) is 0. The Labute approximate surface area is 149 Å². The van der Waals surface area contributed by atoms with Gasteiger partial charge in [0.2, 0.25) is 0 Å². The molecule has 1 aliphatic heterocycles. The van der Waals surface area contributed by atoms with Crippen molar-refractivity contribution in [2.75, 3.05) is 27.2 Å². The summed E-state index contributed by atoms with van der Waals surface area (Å²) in [7, 11) is 4.18. The van der Waals surface area contributed by atoms with Crippen molar-refractivity contribution in [1.29, 1.82) is 0 Å². The van der Waals surface area contributed by atoms with Crippen LogP contribution in [-0.2, 0) is 6.54 Å². The summed E-state index contributed by atoms with van der Waals surface area (Å²) in [6.07, 6.45) is 3.98. The molecule has 2 unspecified atom stereocenters. The minimum Gasteiger partial charge on any atom is -0.352 e. The van der Waals surface area contributed by atoms with Gasteiger partial charge in [-0.2, -0.15) is 0 Å². The summed E-state index contributed by atoms with van der Waals surface area (Å²) < 4.78 is 2.29. The van der Waals surface area contributed by atoms with Crippen molar-refractivity contribution in [1.82, 2.24) is 24.7 Å². The van der Waals surface area contributed by atoms with Gasteiger partial charge in [-0.1, -0.05) is 6.07 Å². The zero-order valence-corrected chi connectivity index (χ0v) is 15.3. The zero-order chi connectivity index (χ0) is 17.1. The number of hydrogen-bond donors (Lipinski definition) is 1. The van der Waals surface area contributed by atoms with Crippen LogP contribution in [0.5, 0.6) is 0 Å². The van der Waals surface area contributed by atoms with E-state index in [1.165, 1.54) is 5.69 Å². The highest BCUT2D eigenvalue weighted by Crippen LogP contribution is 2.38. The van der Waals surface area contributed by atoms with E-state index in [4.69, 9.17) is 12.2 Å². The molecule has 128 valence electrons. The maximum Gasteiger partial charge on any atom is 0.170 e. The highest BCUT2D eigenvalue weighted by Gasteiger charge is 2.40. The number of rotatable bonds is 6. The summed E-state index contributed by atoms with van der Waals surface area (Å²) in [6, 6.07) is 10.6. The topological polar surface area (TPSA) is 36.3 Å². The molecule has 2 aromatic heterocycles. The Kier molecular flexibility index (Phi) is 5.16. The Morgan fingerprint density at radius 1 is 1.25 bits per heavy atom. The number of aryl methyl sites for hydroxylation is 1. The van der Waals surface area contributed by atoms with Crippen molar-refractivity contribution >= 4 is 17.3 Å². The maximum atomic E-state index is 5.66. The van der Waals surface area contributed by atoms with Crippen LogP contribution in [0.25, 0.3) is 0 Å². The van der Waals surface area contributed by atoms with Gasteiger partial charge >= 0.3 is 0 Å². The number of hydrogen-bond acceptors (Lipinski definition) is 3. The molecule has 3 rings (SSSR count). The first-order chi connectivity index (χ1) is 11.6. The molecule has 0 radical (unpaired) electrons. The average Bonchev–Trinajstić information content (AvgIpc) is 3.17.